The summed E-state index contributed by atoms with van der Waals surface area (Å²) in [5, 5.41) is 11.6. The van der Waals surface area contributed by atoms with Crippen molar-refractivity contribution in [2.24, 2.45) is 0 Å². The highest BCUT2D eigenvalue weighted by molar-refractivity contribution is 5.84. The molecule has 0 spiro atoms. The summed E-state index contributed by atoms with van der Waals surface area (Å²) in [5.74, 6) is -0.959. The van der Waals surface area contributed by atoms with E-state index in [1.54, 1.807) is 25.1 Å². The van der Waals surface area contributed by atoms with E-state index in [2.05, 4.69) is 4.98 Å². The van der Waals surface area contributed by atoms with Gasteiger partial charge in [0.2, 0.25) is 0 Å². The second-order valence-corrected chi connectivity index (χ2v) is 2.83. The molecule has 78 valence electrons. The molecule has 6 heteroatoms. The zero-order valence-electron chi connectivity index (χ0n) is 8.08. The van der Waals surface area contributed by atoms with Crippen LogP contribution in [0.15, 0.2) is 24.4 Å². The number of carbonyl (C=O) groups excluding carboxylic acids is 1. The summed E-state index contributed by atoms with van der Waals surface area (Å²) in [5.41, 5.74) is 0.413. The normalized spacial score (nSPS) is 10.5. The molecule has 2 heterocycles. The van der Waals surface area contributed by atoms with Crippen molar-refractivity contribution < 1.29 is 14.4 Å². The van der Waals surface area contributed by atoms with Crippen molar-refractivity contribution in [3.8, 4) is 0 Å². The second-order valence-electron chi connectivity index (χ2n) is 2.83. The monoisotopic (exact) mass is 207 g/mol. The van der Waals surface area contributed by atoms with Gasteiger partial charge in [-0.25, -0.2) is 4.79 Å². The number of rotatable bonds is 2. The molecule has 0 aliphatic carbocycles. The maximum atomic E-state index is 11.6. The molecule has 0 unspecified atom stereocenters. The van der Waals surface area contributed by atoms with Crippen molar-refractivity contribution >= 4 is 11.6 Å². The summed E-state index contributed by atoms with van der Waals surface area (Å²) in [6.07, 6.45) is 1.53. The fourth-order valence-corrected chi connectivity index (χ4v) is 1.24. The van der Waals surface area contributed by atoms with Gasteiger partial charge in [0.05, 0.1) is 12.8 Å². The van der Waals surface area contributed by atoms with Crippen LogP contribution in [-0.2, 0) is 4.74 Å². The topological polar surface area (TPSA) is 70.5 Å². The van der Waals surface area contributed by atoms with E-state index in [9.17, 15) is 10.0 Å². The van der Waals surface area contributed by atoms with E-state index in [4.69, 9.17) is 4.74 Å². The van der Waals surface area contributed by atoms with Crippen LogP contribution < -0.4 is 4.85 Å². The van der Waals surface area contributed by atoms with Crippen molar-refractivity contribution in [2.75, 3.05) is 6.61 Å². The maximum absolute atomic E-state index is 11.6. The minimum Gasteiger partial charge on any atom is -0.691 e. The number of aromatic nitrogens is 3. The molecule has 0 aromatic carbocycles. The minimum atomic E-state index is -0.712. The van der Waals surface area contributed by atoms with Crippen LogP contribution in [0.4, 0.5) is 0 Å². The lowest BCUT2D eigenvalue weighted by Gasteiger charge is -2.00. The molecule has 15 heavy (non-hydrogen) atoms. The molecule has 0 amide bonds. The Labute approximate surface area is 85.3 Å². The van der Waals surface area contributed by atoms with Crippen LogP contribution in [0.2, 0.25) is 0 Å². The zero-order valence-corrected chi connectivity index (χ0v) is 8.08. The number of ether oxygens (including phenoxy) is 1. The van der Waals surface area contributed by atoms with Crippen LogP contribution in [0, 0.1) is 5.21 Å². The van der Waals surface area contributed by atoms with Gasteiger partial charge in [0.15, 0.2) is 0 Å². The average Bonchev–Trinajstić information content (AvgIpc) is 2.57. The largest absolute Gasteiger partial charge is 0.691 e. The second kappa shape index (κ2) is 3.56. The lowest BCUT2D eigenvalue weighted by molar-refractivity contribution is -0.680. The summed E-state index contributed by atoms with van der Waals surface area (Å²) in [6, 6.07) is 5.05. The first-order valence-corrected chi connectivity index (χ1v) is 4.48. The molecular formula is C9H9N3O3. The van der Waals surface area contributed by atoms with Gasteiger partial charge in [-0.15, -0.1) is 9.36 Å². The number of nitrogens with zero attached hydrogens (tertiary/aromatic N) is 3. The summed E-state index contributed by atoms with van der Waals surface area (Å²) < 4.78 is 5.93. The maximum Gasteiger partial charge on any atom is 0.434 e. The van der Waals surface area contributed by atoms with Gasteiger partial charge in [-0.1, -0.05) is 6.07 Å². The van der Waals surface area contributed by atoms with E-state index in [-0.39, 0.29) is 12.4 Å². The number of hydrogen-bond acceptors (Lipinski definition) is 4. The molecule has 0 atom stereocenters. The first-order valence-electron chi connectivity index (χ1n) is 4.48. The Kier molecular flexibility index (Phi) is 2.24. The molecule has 0 aliphatic heterocycles. The summed E-state index contributed by atoms with van der Waals surface area (Å²) in [6.45, 7) is 1.88. The summed E-state index contributed by atoms with van der Waals surface area (Å²) in [7, 11) is 0. The van der Waals surface area contributed by atoms with Gasteiger partial charge in [0.25, 0.3) is 5.65 Å². The molecular weight excluding hydrogens is 198 g/mol. The highest BCUT2D eigenvalue weighted by Crippen LogP contribution is 1.99. The van der Waals surface area contributed by atoms with E-state index >= 15 is 0 Å². The van der Waals surface area contributed by atoms with Gasteiger partial charge in [-0.2, -0.15) is 0 Å². The van der Waals surface area contributed by atoms with Crippen LogP contribution in [0.25, 0.3) is 5.65 Å². The molecule has 0 bridgehead atoms. The highest BCUT2D eigenvalue weighted by atomic mass is 16.5. The van der Waals surface area contributed by atoms with E-state index in [0.717, 1.165) is 0 Å². The Morgan fingerprint density at radius 3 is 3.13 bits per heavy atom. The lowest BCUT2D eigenvalue weighted by atomic mass is 10.5. The Morgan fingerprint density at radius 2 is 2.47 bits per heavy atom. The van der Waals surface area contributed by atoms with Gasteiger partial charge >= 0.3 is 11.8 Å². The predicted octanol–water partition coefficient (Wildman–Crippen LogP) is 0.144. The van der Waals surface area contributed by atoms with Gasteiger partial charge in [0.1, 0.15) is 0 Å². The Balaban J connectivity index is 2.53. The van der Waals surface area contributed by atoms with Gasteiger partial charge < -0.3 is 9.94 Å². The number of esters is 1. The fraction of sp³-hybridized carbons (Fsp3) is 0.222. The molecule has 0 radical (unpaired) electrons. The van der Waals surface area contributed by atoms with Crippen molar-refractivity contribution in [2.45, 2.75) is 6.92 Å². The summed E-state index contributed by atoms with van der Waals surface area (Å²) in [4.78, 5) is 15.6. The Hall–Kier alpha value is -2.11. The fourth-order valence-electron chi connectivity index (χ4n) is 1.24. The smallest absolute Gasteiger partial charge is 0.434 e. The van der Waals surface area contributed by atoms with Crippen LogP contribution in [-0.4, -0.2) is 22.1 Å². The first-order chi connectivity index (χ1) is 7.24. The van der Waals surface area contributed by atoms with Gasteiger partial charge in [0, 0.05) is 6.07 Å². The molecule has 0 saturated heterocycles. The van der Waals surface area contributed by atoms with Gasteiger partial charge in [-0.3, -0.25) is 0 Å². The van der Waals surface area contributed by atoms with Crippen molar-refractivity contribution in [1.29, 1.82) is 0 Å². The van der Waals surface area contributed by atoms with E-state index in [1.165, 1.54) is 10.7 Å². The molecule has 6 nitrogen and oxygen atoms in total. The van der Waals surface area contributed by atoms with Crippen molar-refractivity contribution in [3.05, 3.63) is 35.4 Å². The number of fused-ring (bicyclic) bond motifs is 1. The number of pyridine rings is 1. The average molecular weight is 207 g/mol. The minimum absolute atomic E-state index is 0.215. The quantitative estimate of drug-likeness (QED) is 0.399. The molecule has 2 aromatic rings. The molecule has 0 aliphatic rings. The van der Waals surface area contributed by atoms with E-state index < -0.39 is 5.97 Å². The number of carbonyl (C=O) groups is 1. The Morgan fingerprint density at radius 1 is 1.67 bits per heavy atom. The SMILES string of the molecule is CCOC(=O)c1nc2ccccn2[n+]1[O-]. The van der Waals surface area contributed by atoms with Crippen LogP contribution in [0.3, 0.4) is 0 Å². The number of hydrogen-bond donors (Lipinski definition) is 0. The third kappa shape index (κ3) is 1.50. The molecule has 0 fully saturated rings. The van der Waals surface area contributed by atoms with Gasteiger partial charge in [-0.05, 0) is 18.0 Å². The predicted molar refractivity (Wildman–Crippen MR) is 50.1 cm³/mol. The molecule has 2 rings (SSSR count). The lowest BCUT2D eigenvalue weighted by Crippen LogP contribution is -2.39. The standard InChI is InChI=1S/C9H9N3O3/c1-2-15-9(13)8-10-7-5-3-4-6-11(7)12(8)14/h3-6H,2H2,1H3. The Bertz CT molecular complexity index is 506. The van der Waals surface area contributed by atoms with E-state index in [0.29, 0.717) is 10.5 Å². The van der Waals surface area contributed by atoms with Crippen LogP contribution >= 0.6 is 0 Å². The third-order valence-corrected chi connectivity index (χ3v) is 1.87. The first kappa shape index (κ1) is 9.45. The van der Waals surface area contributed by atoms with Crippen LogP contribution in [0.1, 0.15) is 17.5 Å². The third-order valence-electron chi connectivity index (χ3n) is 1.87. The summed E-state index contributed by atoms with van der Waals surface area (Å²) >= 11 is 0. The highest BCUT2D eigenvalue weighted by Gasteiger charge is 2.25. The van der Waals surface area contributed by atoms with Crippen molar-refractivity contribution in [3.63, 3.8) is 0 Å². The molecule has 0 N–H and O–H groups in total. The zero-order chi connectivity index (χ0) is 10.8. The molecule has 0 saturated carbocycles. The van der Waals surface area contributed by atoms with E-state index in [1.807, 2.05) is 0 Å². The van der Waals surface area contributed by atoms with Crippen LogP contribution in [0.5, 0.6) is 0 Å². The molecule has 2 aromatic heterocycles. The van der Waals surface area contributed by atoms with Crippen molar-refractivity contribution in [1.82, 2.24) is 9.50 Å².